The summed E-state index contributed by atoms with van der Waals surface area (Å²) in [5.74, 6) is 0.877. The molecule has 2 N–H and O–H groups in total. The minimum atomic E-state index is -0.512. The molecule has 0 atom stereocenters. The Morgan fingerprint density at radius 1 is 1.10 bits per heavy atom. The highest BCUT2D eigenvalue weighted by Gasteiger charge is 2.11. The van der Waals surface area contributed by atoms with Crippen LogP contribution < -0.4 is 10.5 Å². The fraction of sp³-hybridized carbons (Fsp3) is 0.143. The zero-order valence-electron chi connectivity index (χ0n) is 11.0. The van der Waals surface area contributed by atoms with Crippen molar-refractivity contribution < 1.29 is 9.66 Å². The molecule has 0 aliphatic carbocycles. The molecule has 0 aliphatic heterocycles. The predicted molar refractivity (Wildman–Crippen MR) is 78.5 cm³/mol. The Morgan fingerprint density at radius 3 is 2.20 bits per heavy atom. The Labute approximate surface area is 121 Å². The minimum Gasteiger partial charge on any atom is -0.457 e. The van der Waals surface area contributed by atoms with Crippen molar-refractivity contribution in [2.45, 2.75) is 13.8 Å². The molecular weight excluding hydrogens is 280 g/mol. The lowest BCUT2D eigenvalue weighted by molar-refractivity contribution is -0.384. The van der Waals surface area contributed by atoms with Gasteiger partial charge in [0.25, 0.3) is 5.69 Å². The fourth-order valence-electron chi connectivity index (χ4n) is 1.87. The molecule has 0 spiro atoms. The topological polar surface area (TPSA) is 78.4 Å². The zero-order chi connectivity index (χ0) is 14.9. The van der Waals surface area contributed by atoms with E-state index in [2.05, 4.69) is 0 Å². The maximum absolute atomic E-state index is 10.8. The van der Waals surface area contributed by atoms with Crippen LogP contribution in [0.1, 0.15) is 11.1 Å². The van der Waals surface area contributed by atoms with Gasteiger partial charge >= 0.3 is 0 Å². The Morgan fingerprint density at radius 2 is 1.65 bits per heavy atom. The van der Waals surface area contributed by atoms with Gasteiger partial charge in [0.05, 0.1) is 11.0 Å². The van der Waals surface area contributed by atoms with Crippen molar-refractivity contribution in [3.8, 4) is 11.5 Å². The number of halogens is 1. The SMILES string of the molecule is Cc1cc(Oc2cc(N)cc([N+](=O)[O-])c2)cc(C)c1Cl. The second-order valence-corrected chi connectivity index (χ2v) is 4.87. The third-order valence-electron chi connectivity index (χ3n) is 2.77. The van der Waals surface area contributed by atoms with E-state index >= 15 is 0 Å². The summed E-state index contributed by atoms with van der Waals surface area (Å²) in [4.78, 5) is 10.3. The van der Waals surface area contributed by atoms with Crippen molar-refractivity contribution in [1.29, 1.82) is 0 Å². The summed E-state index contributed by atoms with van der Waals surface area (Å²) in [5, 5.41) is 11.5. The highest BCUT2D eigenvalue weighted by atomic mass is 35.5. The van der Waals surface area contributed by atoms with Crippen molar-refractivity contribution >= 4 is 23.0 Å². The first-order chi connectivity index (χ1) is 9.36. The monoisotopic (exact) mass is 292 g/mol. The van der Waals surface area contributed by atoms with E-state index in [9.17, 15) is 10.1 Å². The molecule has 6 heteroatoms. The highest BCUT2D eigenvalue weighted by molar-refractivity contribution is 6.32. The van der Waals surface area contributed by atoms with Gasteiger partial charge in [-0.1, -0.05) is 11.6 Å². The van der Waals surface area contributed by atoms with E-state index < -0.39 is 4.92 Å². The van der Waals surface area contributed by atoms with Crippen molar-refractivity contribution in [2.75, 3.05) is 5.73 Å². The van der Waals surface area contributed by atoms with E-state index in [0.717, 1.165) is 11.1 Å². The first-order valence-electron chi connectivity index (χ1n) is 5.86. The number of rotatable bonds is 3. The van der Waals surface area contributed by atoms with Gasteiger partial charge in [0.15, 0.2) is 0 Å². The summed E-state index contributed by atoms with van der Waals surface area (Å²) < 4.78 is 5.62. The van der Waals surface area contributed by atoms with E-state index in [1.807, 2.05) is 13.8 Å². The third-order valence-corrected chi connectivity index (χ3v) is 3.37. The van der Waals surface area contributed by atoms with Gasteiger partial charge in [-0.3, -0.25) is 10.1 Å². The number of nitro benzene ring substituents is 1. The minimum absolute atomic E-state index is 0.109. The van der Waals surface area contributed by atoms with Gasteiger partial charge in [0, 0.05) is 22.8 Å². The first kappa shape index (κ1) is 14.1. The molecule has 0 heterocycles. The average molecular weight is 293 g/mol. The van der Waals surface area contributed by atoms with Crippen LogP contribution in [-0.2, 0) is 0 Å². The molecule has 0 bridgehead atoms. The number of anilines is 1. The summed E-state index contributed by atoms with van der Waals surface area (Å²) in [6.07, 6.45) is 0. The first-order valence-corrected chi connectivity index (χ1v) is 6.24. The van der Waals surface area contributed by atoms with Gasteiger partial charge in [0.2, 0.25) is 0 Å². The largest absolute Gasteiger partial charge is 0.457 e. The molecule has 20 heavy (non-hydrogen) atoms. The Kier molecular flexibility index (Phi) is 3.81. The number of aryl methyl sites for hydroxylation is 2. The number of ether oxygens (including phenoxy) is 1. The summed E-state index contributed by atoms with van der Waals surface area (Å²) in [5.41, 5.74) is 7.55. The van der Waals surface area contributed by atoms with Crippen LogP contribution in [0.4, 0.5) is 11.4 Å². The number of benzene rings is 2. The lowest BCUT2D eigenvalue weighted by atomic mass is 10.1. The van der Waals surface area contributed by atoms with Crippen molar-refractivity contribution in [2.24, 2.45) is 0 Å². The number of nitrogens with zero attached hydrogens (tertiary/aromatic N) is 1. The standard InChI is InChI=1S/C14H13ClN2O3/c1-8-3-12(4-9(2)14(8)15)20-13-6-10(16)5-11(7-13)17(18)19/h3-7H,16H2,1-2H3. The summed E-state index contributed by atoms with van der Waals surface area (Å²) in [7, 11) is 0. The molecule has 0 saturated carbocycles. The average Bonchev–Trinajstić information content (AvgIpc) is 2.35. The van der Waals surface area contributed by atoms with Crippen molar-refractivity contribution in [3.63, 3.8) is 0 Å². The van der Waals surface area contributed by atoms with E-state index in [0.29, 0.717) is 16.5 Å². The highest BCUT2D eigenvalue weighted by Crippen LogP contribution is 2.31. The fourth-order valence-corrected chi connectivity index (χ4v) is 1.98. The number of nitrogen functional groups attached to an aromatic ring is 1. The molecule has 0 aromatic heterocycles. The van der Waals surface area contributed by atoms with E-state index in [4.69, 9.17) is 22.1 Å². The molecule has 2 rings (SSSR count). The van der Waals surface area contributed by atoms with E-state index in [-0.39, 0.29) is 11.4 Å². The third kappa shape index (κ3) is 3.00. The van der Waals surface area contributed by atoms with Crippen LogP contribution in [-0.4, -0.2) is 4.92 Å². The molecule has 0 fully saturated rings. The zero-order valence-corrected chi connectivity index (χ0v) is 11.8. The normalized spacial score (nSPS) is 10.3. The van der Waals surface area contributed by atoms with Crippen LogP contribution in [0.2, 0.25) is 5.02 Å². The van der Waals surface area contributed by atoms with Gasteiger partial charge in [-0.15, -0.1) is 0 Å². The quantitative estimate of drug-likeness (QED) is 0.521. The maximum Gasteiger partial charge on any atom is 0.275 e. The molecular formula is C14H13ClN2O3. The van der Waals surface area contributed by atoms with Crippen LogP contribution in [0.25, 0.3) is 0 Å². The Balaban J connectivity index is 2.37. The number of nitro groups is 1. The van der Waals surface area contributed by atoms with Gasteiger partial charge in [-0.2, -0.15) is 0 Å². The Bertz CT molecular complexity index is 663. The molecule has 2 aromatic rings. The van der Waals surface area contributed by atoms with Gasteiger partial charge in [-0.05, 0) is 37.1 Å². The van der Waals surface area contributed by atoms with Crippen LogP contribution in [0.15, 0.2) is 30.3 Å². The molecule has 2 aromatic carbocycles. The predicted octanol–water partition coefficient (Wildman–Crippen LogP) is 4.24. The van der Waals surface area contributed by atoms with Crippen molar-refractivity contribution in [1.82, 2.24) is 0 Å². The van der Waals surface area contributed by atoms with E-state index in [1.54, 1.807) is 12.1 Å². The van der Waals surface area contributed by atoms with Crippen LogP contribution >= 0.6 is 11.6 Å². The Hall–Kier alpha value is -2.27. The van der Waals surface area contributed by atoms with E-state index in [1.165, 1.54) is 18.2 Å². The van der Waals surface area contributed by atoms with Gasteiger partial charge < -0.3 is 10.5 Å². The maximum atomic E-state index is 10.8. The molecule has 0 amide bonds. The molecule has 5 nitrogen and oxygen atoms in total. The van der Waals surface area contributed by atoms with Gasteiger partial charge in [-0.25, -0.2) is 0 Å². The van der Waals surface area contributed by atoms with Crippen molar-refractivity contribution in [3.05, 3.63) is 56.6 Å². The lowest BCUT2D eigenvalue weighted by Crippen LogP contribution is -1.94. The number of hydrogen-bond donors (Lipinski definition) is 1. The second-order valence-electron chi connectivity index (χ2n) is 4.49. The second kappa shape index (κ2) is 5.38. The van der Waals surface area contributed by atoms with Gasteiger partial charge in [0.1, 0.15) is 11.5 Å². The van der Waals surface area contributed by atoms with Crippen LogP contribution in [0.3, 0.4) is 0 Å². The smallest absolute Gasteiger partial charge is 0.275 e. The summed E-state index contributed by atoms with van der Waals surface area (Å²) in [6, 6.07) is 7.68. The molecule has 104 valence electrons. The lowest BCUT2D eigenvalue weighted by Gasteiger charge is -2.10. The number of nitrogens with two attached hydrogens (primary N) is 1. The summed E-state index contributed by atoms with van der Waals surface area (Å²) >= 11 is 6.08. The summed E-state index contributed by atoms with van der Waals surface area (Å²) in [6.45, 7) is 3.73. The molecule has 0 radical (unpaired) electrons. The molecule has 0 aliphatic rings. The van der Waals surface area contributed by atoms with Crippen LogP contribution in [0.5, 0.6) is 11.5 Å². The van der Waals surface area contributed by atoms with Crippen LogP contribution in [0, 0.1) is 24.0 Å². The number of non-ortho nitro benzene ring substituents is 1. The number of hydrogen-bond acceptors (Lipinski definition) is 4. The molecule has 0 unspecified atom stereocenters. The molecule has 0 saturated heterocycles.